The second-order valence-corrected chi connectivity index (χ2v) is 4.63. The molecule has 16 heavy (non-hydrogen) atoms. The van der Waals surface area contributed by atoms with Crippen LogP contribution in [0.25, 0.3) is 0 Å². The number of carbonyl (C=O) groups is 1. The minimum Gasteiger partial charge on any atom is -0.449 e. The first-order chi connectivity index (χ1) is 7.79. The number of hydrogen-bond acceptors (Lipinski definition) is 4. The van der Waals surface area contributed by atoms with Crippen molar-refractivity contribution in [2.24, 2.45) is 11.8 Å². The van der Waals surface area contributed by atoms with Gasteiger partial charge in [0.25, 0.3) is 0 Å². The van der Waals surface area contributed by atoms with E-state index in [-0.39, 0.29) is 11.9 Å². The highest BCUT2D eigenvalue weighted by molar-refractivity contribution is 5.96. The van der Waals surface area contributed by atoms with Crippen molar-refractivity contribution in [3.8, 4) is 0 Å². The largest absolute Gasteiger partial charge is 0.449 e. The predicted octanol–water partition coefficient (Wildman–Crippen LogP) is 0.635. The molecule has 2 fully saturated rings. The number of rotatable bonds is 2. The molecular weight excluding hydrogens is 206 g/mol. The molecule has 1 aliphatic heterocycles. The number of carbonyl (C=O) groups excluding carboxylic acids is 1. The summed E-state index contributed by atoms with van der Waals surface area (Å²) in [6.07, 6.45) is 5.09. The van der Waals surface area contributed by atoms with E-state index in [1.807, 2.05) is 7.05 Å². The maximum Gasteiger partial charge on any atom is 0.245 e. The second kappa shape index (κ2) is 3.59. The number of aromatic nitrogens is 1. The van der Waals surface area contributed by atoms with Gasteiger partial charge in [-0.3, -0.25) is 9.69 Å². The molecule has 1 aromatic rings. The maximum absolute atomic E-state index is 12.2. The lowest BCUT2D eigenvalue weighted by molar-refractivity contribution is -0.120. The quantitative estimate of drug-likeness (QED) is 0.796. The Hall–Kier alpha value is -1.36. The van der Waals surface area contributed by atoms with E-state index in [1.54, 1.807) is 4.90 Å². The molecule has 3 rings (SSSR count). The Labute approximate surface area is 93.8 Å². The number of oxazole rings is 1. The Morgan fingerprint density at radius 2 is 2.38 bits per heavy atom. The molecule has 86 valence electrons. The molecule has 0 bridgehead atoms. The summed E-state index contributed by atoms with van der Waals surface area (Å²) in [4.78, 5) is 18.0. The zero-order chi connectivity index (χ0) is 11.1. The minimum atomic E-state index is -0.0748. The van der Waals surface area contributed by atoms with Crippen molar-refractivity contribution in [3.05, 3.63) is 12.7 Å². The van der Waals surface area contributed by atoms with Gasteiger partial charge in [0.1, 0.15) is 6.26 Å². The van der Waals surface area contributed by atoms with Crippen LogP contribution in [0.1, 0.15) is 12.8 Å². The van der Waals surface area contributed by atoms with Crippen molar-refractivity contribution in [2.75, 3.05) is 18.5 Å². The average Bonchev–Trinajstić information content (AvgIpc) is 2.81. The Balaban J connectivity index is 1.88. The van der Waals surface area contributed by atoms with E-state index in [2.05, 4.69) is 10.3 Å². The smallest absolute Gasteiger partial charge is 0.245 e. The zero-order valence-corrected chi connectivity index (χ0v) is 9.22. The highest BCUT2D eigenvalue weighted by atomic mass is 16.3. The van der Waals surface area contributed by atoms with Gasteiger partial charge in [0.15, 0.2) is 12.2 Å². The van der Waals surface area contributed by atoms with E-state index in [1.165, 1.54) is 19.1 Å². The SMILES string of the molecule is CNC1CC2CC2CN(c2cocn2)C1=O. The predicted molar refractivity (Wildman–Crippen MR) is 57.9 cm³/mol. The van der Waals surface area contributed by atoms with Crippen molar-refractivity contribution in [1.29, 1.82) is 0 Å². The first kappa shape index (κ1) is 9.84. The summed E-state index contributed by atoms with van der Waals surface area (Å²) in [6, 6.07) is -0.0748. The van der Waals surface area contributed by atoms with E-state index in [9.17, 15) is 4.79 Å². The molecule has 0 aromatic carbocycles. The van der Waals surface area contributed by atoms with Crippen LogP contribution in [0.2, 0.25) is 0 Å². The van der Waals surface area contributed by atoms with Crippen LogP contribution in [0.3, 0.4) is 0 Å². The van der Waals surface area contributed by atoms with Gasteiger partial charge >= 0.3 is 0 Å². The van der Waals surface area contributed by atoms with Crippen molar-refractivity contribution >= 4 is 11.7 Å². The fourth-order valence-corrected chi connectivity index (χ4v) is 2.53. The molecule has 1 saturated heterocycles. The summed E-state index contributed by atoms with van der Waals surface area (Å²) in [5.41, 5.74) is 0. The molecule has 1 amide bonds. The standard InChI is InChI=1S/C11H15N3O2/c1-12-9-3-7-2-8(7)4-14(11(9)15)10-5-16-6-13-10/h5-9,12H,2-4H2,1H3. The number of nitrogens with one attached hydrogen (secondary N) is 1. The molecule has 1 aliphatic carbocycles. The van der Waals surface area contributed by atoms with Crippen LogP contribution in [0, 0.1) is 11.8 Å². The van der Waals surface area contributed by atoms with Gasteiger partial charge < -0.3 is 9.73 Å². The summed E-state index contributed by atoms with van der Waals surface area (Å²) in [5.74, 6) is 2.11. The van der Waals surface area contributed by atoms with Crippen molar-refractivity contribution < 1.29 is 9.21 Å². The first-order valence-electron chi connectivity index (χ1n) is 5.66. The highest BCUT2D eigenvalue weighted by Crippen LogP contribution is 2.45. The Morgan fingerprint density at radius 3 is 3.06 bits per heavy atom. The molecule has 1 aromatic heterocycles. The summed E-state index contributed by atoms with van der Waals surface area (Å²) in [6.45, 7) is 0.786. The lowest BCUT2D eigenvalue weighted by Crippen LogP contribution is -2.45. The highest BCUT2D eigenvalue weighted by Gasteiger charge is 2.46. The Kier molecular flexibility index (Phi) is 2.21. The van der Waals surface area contributed by atoms with E-state index < -0.39 is 0 Å². The molecule has 2 heterocycles. The maximum atomic E-state index is 12.2. The fourth-order valence-electron chi connectivity index (χ4n) is 2.53. The van der Waals surface area contributed by atoms with Crippen LogP contribution in [0.15, 0.2) is 17.1 Å². The van der Waals surface area contributed by atoms with Gasteiger partial charge in [0.05, 0.1) is 6.04 Å². The molecule has 0 spiro atoms. The summed E-state index contributed by atoms with van der Waals surface area (Å²) in [7, 11) is 1.84. The molecule has 5 heteroatoms. The summed E-state index contributed by atoms with van der Waals surface area (Å²) < 4.78 is 4.95. The molecule has 3 atom stereocenters. The number of amides is 1. The normalized spacial score (nSPS) is 33.4. The van der Waals surface area contributed by atoms with Gasteiger partial charge in [-0.05, 0) is 31.7 Å². The molecule has 1 saturated carbocycles. The zero-order valence-electron chi connectivity index (χ0n) is 9.22. The third-order valence-corrected chi connectivity index (χ3v) is 3.63. The molecule has 3 unspecified atom stereocenters. The van der Waals surface area contributed by atoms with E-state index in [4.69, 9.17) is 4.42 Å². The van der Waals surface area contributed by atoms with E-state index >= 15 is 0 Å². The third-order valence-electron chi connectivity index (χ3n) is 3.63. The van der Waals surface area contributed by atoms with E-state index in [0.717, 1.165) is 13.0 Å². The van der Waals surface area contributed by atoms with Gasteiger partial charge in [-0.1, -0.05) is 0 Å². The van der Waals surface area contributed by atoms with Gasteiger partial charge in [-0.25, -0.2) is 0 Å². The van der Waals surface area contributed by atoms with Crippen LogP contribution in [-0.2, 0) is 4.79 Å². The van der Waals surface area contributed by atoms with Crippen molar-refractivity contribution in [3.63, 3.8) is 0 Å². The molecule has 1 N–H and O–H groups in total. The summed E-state index contributed by atoms with van der Waals surface area (Å²) >= 11 is 0. The van der Waals surface area contributed by atoms with E-state index in [0.29, 0.717) is 17.7 Å². The molecule has 5 nitrogen and oxygen atoms in total. The minimum absolute atomic E-state index is 0.0748. The lowest BCUT2D eigenvalue weighted by Gasteiger charge is -2.22. The van der Waals surface area contributed by atoms with Crippen LogP contribution < -0.4 is 10.2 Å². The topological polar surface area (TPSA) is 58.4 Å². The monoisotopic (exact) mass is 221 g/mol. The van der Waals surface area contributed by atoms with Crippen molar-refractivity contribution in [2.45, 2.75) is 18.9 Å². The molecule has 2 aliphatic rings. The van der Waals surface area contributed by atoms with Crippen molar-refractivity contribution in [1.82, 2.24) is 10.3 Å². The summed E-state index contributed by atoms with van der Waals surface area (Å²) in [5, 5.41) is 3.09. The van der Waals surface area contributed by atoms with Gasteiger partial charge in [0.2, 0.25) is 5.91 Å². The average molecular weight is 221 g/mol. The van der Waals surface area contributed by atoms with Gasteiger partial charge in [-0.15, -0.1) is 0 Å². The fraction of sp³-hybridized carbons (Fsp3) is 0.636. The number of hydrogen-bond donors (Lipinski definition) is 1. The van der Waals surface area contributed by atoms with Gasteiger partial charge in [0, 0.05) is 6.54 Å². The van der Waals surface area contributed by atoms with Crippen LogP contribution in [0.5, 0.6) is 0 Å². The van der Waals surface area contributed by atoms with Gasteiger partial charge in [-0.2, -0.15) is 4.98 Å². The van der Waals surface area contributed by atoms with Crippen LogP contribution in [0.4, 0.5) is 5.82 Å². The number of fused-ring (bicyclic) bond motifs is 1. The number of anilines is 1. The first-order valence-corrected chi connectivity index (χ1v) is 5.66. The Bertz CT molecular complexity index is 390. The Morgan fingerprint density at radius 1 is 1.50 bits per heavy atom. The third kappa shape index (κ3) is 1.51. The van der Waals surface area contributed by atoms with Crippen LogP contribution >= 0.6 is 0 Å². The molecule has 0 radical (unpaired) electrons. The number of likely N-dealkylation sites (N-methyl/N-ethyl adjacent to an activating group) is 1. The van der Waals surface area contributed by atoms with Crippen LogP contribution in [-0.4, -0.2) is 30.5 Å². The second-order valence-electron chi connectivity index (χ2n) is 4.63. The number of nitrogens with zero attached hydrogens (tertiary/aromatic N) is 2. The lowest BCUT2D eigenvalue weighted by atomic mass is 10.1. The molecular formula is C11H15N3O2.